The van der Waals surface area contributed by atoms with Crippen molar-refractivity contribution in [2.24, 2.45) is 11.3 Å². The second kappa shape index (κ2) is 7.33. The molecule has 2 fully saturated rings. The Morgan fingerprint density at radius 2 is 2.12 bits per heavy atom. The van der Waals surface area contributed by atoms with E-state index in [-0.39, 0.29) is 35.8 Å². The van der Waals surface area contributed by atoms with Crippen LogP contribution in [-0.4, -0.2) is 29.9 Å². The first kappa shape index (κ1) is 18.8. The first-order valence-corrected chi connectivity index (χ1v) is 9.14. The number of rotatable bonds is 5. The van der Waals surface area contributed by atoms with E-state index in [2.05, 4.69) is 6.92 Å². The van der Waals surface area contributed by atoms with Gasteiger partial charge in [-0.3, -0.25) is 9.59 Å². The molecule has 0 spiro atoms. The lowest BCUT2D eigenvalue weighted by molar-refractivity contribution is -0.141. The van der Waals surface area contributed by atoms with Crippen LogP contribution in [0.2, 0.25) is 0 Å². The Balaban J connectivity index is 1.81. The standard InChI is InChI=1S/C20H25F2NO3/c1-20-9-3-4-14(6-8-18(25)26-2)19(20)23(17(24)11-20)12-13-5-7-15(21)16(22)10-13/h5,7,10,14,19H,3-4,6,8-9,11-12H2,1-2H3. The van der Waals surface area contributed by atoms with E-state index >= 15 is 0 Å². The Kier molecular flexibility index (Phi) is 5.30. The summed E-state index contributed by atoms with van der Waals surface area (Å²) in [4.78, 5) is 26.1. The molecule has 3 unspecified atom stereocenters. The van der Waals surface area contributed by atoms with Crippen molar-refractivity contribution in [3.8, 4) is 0 Å². The summed E-state index contributed by atoms with van der Waals surface area (Å²) in [5.41, 5.74) is 0.452. The summed E-state index contributed by atoms with van der Waals surface area (Å²) < 4.78 is 31.5. The third kappa shape index (κ3) is 3.60. The highest BCUT2D eigenvalue weighted by molar-refractivity contribution is 5.80. The highest BCUT2D eigenvalue weighted by atomic mass is 19.2. The van der Waals surface area contributed by atoms with Crippen LogP contribution in [0, 0.1) is 23.0 Å². The van der Waals surface area contributed by atoms with E-state index in [9.17, 15) is 18.4 Å². The lowest BCUT2D eigenvalue weighted by Crippen LogP contribution is -2.47. The number of likely N-dealkylation sites (tertiary alicyclic amines) is 1. The van der Waals surface area contributed by atoms with Crippen LogP contribution in [0.1, 0.15) is 51.0 Å². The van der Waals surface area contributed by atoms with Gasteiger partial charge in [-0.25, -0.2) is 8.78 Å². The van der Waals surface area contributed by atoms with E-state index in [4.69, 9.17) is 4.74 Å². The van der Waals surface area contributed by atoms with Crippen molar-refractivity contribution in [2.75, 3.05) is 7.11 Å². The Hall–Kier alpha value is -1.98. The van der Waals surface area contributed by atoms with Crippen LogP contribution in [-0.2, 0) is 20.9 Å². The topological polar surface area (TPSA) is 46.6 Å². The Morgan fingerprint density at radius 1 is 1.35 bits per heavy atom. The van der Waals surface area contributed by atoms with Crippen molar-refractivity contribution in [1.29, 1.82) is 0 Å². The molecule has 0 aromatic heterocycles. The van der Waals surface area contributed by atoms with E-state index in [1.807, 2.05) is 4.90 Å². The minimum absolute atomic E-state index is 0.0153. The summed E-state index contributed by atoms with van der Waals surface area (Å²) in [6.45, 7) is 2.40. The number of hydrogen-bond donors (Lipinski definition) is 0. The van der Waals surface area contributed by atoms with Gasteiger partial charge in [0, 0.05) is 25.4 Å². The van der Waals surface area contributed by atoms with Crippen molar-refractivity contribution < 1.29 is 23.1 Å². The van der Waals surface area contributed by atoms with Crippen molar-refractivity contribution >= 4 is 11.9 Å². The smallest absolute Gasteiger partial charge is 0.305 e. The Bertz CT molecular complexity index is 708. The SMILES string of the molecule is COC(=O)CCC1CCCC2(C)CC(=O)N(Cc3ccc(F)c(F)c3)C12. The zero-order chi connectivity index (χ0) is 18.9. The lowest BCUT2D eigenvalue weighted by Gasteiger charge is -2.44. The number of hydrogen-bond acceptors (Lipinski definition) is 3. The molecule has 1 aliphatic carbocycles. The third-order valence-corrected chi connectivity index (χ3v) is 5.98. The lowest BCUT2D eigenvalue weighted by atomic mass is 9.66. The van der Waals surface area contributed by atoms with E-state index in [1.54, 1.807) is 0 Å². The molecule has 4 nitrogen and oxygen atoms in total. The van der Waals surface area contributed by atoms with Gasteiger partial charge in [0.1, 0.15) is 0 Å². The molecule has 0 bridgehead atoms. The average Bonchev–Trinajstić information content (AvgIpc) is 2.86. The van der Waals surface area contributed by atoms with Gasteiger partial charge in [-0.15, -0.1) is 0 Å². The van der Waals surface area contributed by atoms with Crippen molar-refractivity contribution in [3.63, 3.8) is 0 Å². The van der Waals surface area contributed by atoms with Gasteiger partial charge in [0.25, 0.3) is 0 Å². The molecule has 1 saturated carbocycles. The van der Waals surface area contributed by atoms with Crippen LogP contribution < -0.4 is 0 Å². The second-order valence-electron chi connectivity index (χ2n) is 7.81. The summed E-state index contributed by atoms with van der Waals surface area (Å²) >= 11 is 0. The molecule has 142 valence electrons. The molecule has 1 saturated heterocycles. The summed E-state index contributed by atoms with van der Waals surface area (Å²) in [6, 6.07) is 3.79. The van der Waals surface area contributed by atoms with Crippen LogP contribution in [0.15, 0.2) is 18.2 Å². The highest BCUT2D eigenvalue weighted by Crippen LogP contribution is 2.51. The van der Waals surface area contributed by atoms with Crippen molar-refractivity contribution in [2.45, 2.75) is 58.0 Å². The maximum absolute atomic E-state index is 13.6. The van der Waals surface area contributed by atoms with Crippen LogP contribution >= 0.6 is 0 Å². The fourth-order valence-corrected chi connectivity index (χ4v) is 4.80. The number of ether oxygens (including phenoxy) is 1. The van der Waals surface area contributed by atoms with Crippen LogP contribution in [0.4, 0.5) is 8.78 Å². The largest absolute Gasteiger partial charge is 0.469 e. The Morgan fingerprint density at radius 3 is 2.81 bits per heavy atom. The van der Waals surface area contributed by atoms with Gasteiger partial charge < -0.3 is 9.64 Å². The van der Waals surface area contributed by atoms with E-state index < -0.39 is 11.6 Å². The van der Waals surface area contributed by atoms with Crippen LogP contribution in [0.3, 0.4) is 0 Å². The van der Waals surface area contributed by atoms with Gasteiger partial charge in [0.2, 0.25) is 5.91 Å². The molecular formula is C20H25F2NO3. The molecule has 3 atom stereocenters. The van der Waals surface area contributed by atoms with Crippen molar-refractivity contribution in [1.82, 2.24) is 4.90 Å². The third-order valence-electron chi connectivity index (χ3n) is 5.98. The zero-order valence-electron chi connectivity index (χ0n) is 15.3. The number of carbonyl (C=O) groups is 2. The molecule has 0 N–H and O–H groups in total. The first-order chi connectivity index (χ1) is 12.3. The maximum Gasteiger partial charge on any atom is 0.305 e. The number of halogens is 2. The maximum atomic E-state index is 13.6. The number of benzene rings is 1. The number of amides is 1. The van der Waals surface area contributed by atoms with Gasteiger partial charge in [-0.05, 0) is 48.3 Å². The fraction of sp³-hybridized carbons (Fsp3) is 0.600. The zero-order valence-corrected chi connectivity index (χ0v) is 15.3. The number of nitrogens with zero attached hydrogens (tertiary/aromatic N) is 1. The Labute approximate surface area is 152 Å². The molecule has 1 aliphatic heterocycles. The molecule has 1 aromatic rings. The average molecular weight is 365 g/mol. The van der Waals surface area contributed by atoms with Crippen LogP contribution in [0.5, 0.6) is 0 Å². The molecule has 1 aromatic carbocycles. The molecule has 2 aliphatic rings. The van der Waals surface area contributed by atoms with Gasteiger partial charge in [0.05, 0.1) is 7.11 Å². The van der Waals surface area contributed by atoms with E-state index in [0.717, 1.165) is 31.4 Å². The quantitative estimate of drug-likeness (QED) is 0.745. The molecule has 1 heterocycles. The predicted molar refractivity (Wildman–Crippen MR) is 92.0 cm³/mol. The monoisotopic (exact) mass is 365 g/mol. The minimum atomic E-state index is -0.900. The molecule has 1 amide bonds. The molecule has 6 heteroatoms. The number of methoxy groups -OCH3 is 1. The molecule has 3 rings (SSSR count). The summed E-state index contributed by atoms with van der Waals surface area (Å²) in [5.74, 6) is -1.77. The fourth-order valence-electron chi connectivity index (χ4n) is 4.80. The summed E-state index contributed by atoms with van der Waals surface area (Å²) in [6.07, 6.45) is 4.43. The second-order valence-corrected chi connectivity index (χ2v) is 7.81. The normalized spacial score (nSPS) is 28.2. The van der Waals surface area contributed by atoms with Crippen LogP contribution in [0.25, 0.3) is 0 Å². The molecular weight excluding hydrogens is 340 g/mol. The number of carbonyl (C=O) groups excluding carboxylic acids is 2. The number of fused-ring (bicyclic) bond motifs is 1. The summed E-state index contributed by atoms with van der Waals surface area (Å²) in [5, 5.41) is 0. The predicted octanol–water partition coefficient (Wildman–Crippen LogP) is 3.83. The van der Waals surface area contributed by atoms with E-state index in [0.29, 0.717) is 24.8 Å². The molecule has 26 heavy (non-hydrogen) atoms. The minimum Gasteiger partial charge on any atom is -0.469 e. The highest BCUT2D eigenvalue weighted by Gasteiger charge is 2.53. The van der Waals surface area contributed by atoms with Crippen molar-refractivity contribution in [3.05, 3.63) is 35.4 Å². The first-order valence-electron chi connectivity index (χ1n) is 9.14. The van der Waals surface area contributed by atoms with E-state index in [1.165, 1.54) is 13.2 Å². The molecule has 0 radical (unpaired) electrons. The van der Waals surface area contributed by atoms with Gasteiger partial charge in [-0.1, -0.05) is 19.4 Å². The summed E-state index contributed by atoms with van der Waals surface area (Å²) in [7, 11) is 1.38. The van der Waals surface area contributed by atoms with Gasteiger partial charge >= 0.3 is 5.97 Å². The number of esters is 1. The van der Waals surface area contributed by atoms with Gasteiger partial charge in [-0.2, -0.15) is 0 Å². The van der Waals surface area contributed by atoms with Gasteiger partial charge in [0.15, 0.2) is 11.6 Å².